The third kappa shape index (κ3) is 3.56. The molecule has 0 saturated carbocycles. The van der Waals surface area contributed by atoms with Crippen molar-refractivity contribution in [1.82, 2.24) is 0 Å². The quantitative estimate of drug-likeness (QED) is 0.511. The second kappa shape index (κ2) is 5.57. The van der Waals surface area contributed by atoms with Gasteiger partial charge in [-0.25, -0.2) is 0 Å². The summed E-state index contributed by atoms with van der Waals surface area (Å²) in [6.07, 6.45) is 4.92. The molecule has 1 fully saturated rings. The molecule has 0 aromatic rings. The van der Waals surface area contributed by atoms with Crippen LogP contribution in [0.15, 0.2) is 0 Å². The lowest BCUT2D eigenvalue weighted by Gasteiger charge is -2.23. The first-order chi connectivity index (χ1) is 5.83. The molecule has 1 rings (SSSR count). The Morgan fingerprint density at radius 2 is 2.00 bits per heavy atom. The van der Waals surface area contributed by atoms with Crippen LogP contribution in [-0.2, 0) is 9.31 Å². The summed E-state index contributed by atoms with van der Waals surface area (Å²) in [7, 11) is -0.979. The minimum absolute atomic E-state index is 0.486. The van der Waals surface area contributed by atoms with E-state index < -0.39 is 7.32 Å². The predicted molar refractivity (Wildman–Crippen MR) is 47.5 cm³/mol. The van der Waals surface area contributed by atoms with Gasteiger partial charge in [0.15, 0.2) is 0 Å². The van der Waals surface area contributed by atoms with Crippen LogP contribution in [0, 0.1) is 5.92 Å². The van der Waals surface area contributed by atoms with E-state index in [2.05, 4.69) is 6.92 Å². The Hall–Kier alpha value is -0.0551. The second-order valence-corrected chi connectivity index (χ2v) is 3.34. The molecule has 0 amide bonds. The van der Waals surface area contributed by atoms with Gasteiger partial charge in [0, 0.05) is 19.1 Å². The van der Waals surface area contributed by atoms with Crippen molar-refractivity contribution in [1.29, 1.82) is 0 Å². The Balaban J connectivity index is 2.01. The van der Waals surface area contributed by atoms with Crippen LogP contribution in [0.5, 0.6) is 0 Å². The van der Waals surface area contributed by atoms with Gasteiger partial charge in [-0.1, -0.05) is 26.2 Å². The van der Waals surface area contributed by atoms with Crippen molar-refractivity contribution < 1.29 is 14.3 Å². The molecule has 1 aliphatic heterocycles. The average molecular weight is 172 g/mol. The van der Waals surface area contributed by atoms with Gasteiger partial charge in [0.05, 0.1) is 0 Å². The van der Waals surface area contributed by atoms with Crippen molar-refractivity contribution >= 4 is 7.32 Å². The summed E-state index contributed by atoms with van der Waals surface area (Å²) in [5.74, 6) is 0.486. The molecule has 0 aliphatic carbocycles. The van der Waals surface area contributed by atoms with Gasteiger partial charge < -0.3 is 14.3 Å². The molecule has 1 aliphatic rings. The van der Waals surface area contributed by atoms with Gasteiger partial charge in [-0.05, 0) is 6.42 Å². The van der Waals surface area contributed by atoms with Gasteiger partial charge >= 0.3 is 7.32 Å². The first-order valence-corrected chi connectivity index (χ1v) is 4.74. The number of unbranched alkanes of at least 4 members (excludes halogenated alkanes) is 2. The molecule has 1 heterocycles. The van der Waals surface area contributed by atoms with Crippen molar-refractivity contribution in [2.45, 2.75) is 32.6 Å². The molecular weight excluding hydrogens is 155 g/mol. The molecule has 12 heavy (non-hydrogen) atoms. The minimum Gasteiger partial charge on any atom is -0.402 e. The molecule has 1 saturated heterocycles. The monoisotopic (exact) mass is 172 g/mol. The van der Waals surface area contributed by atoms with Gasteiger partial charge in [-0.2, -0.15) is 0 Å². The van der Waals surface area contributed by atoms with E-state index in [9.17, 15) is 0 Å². The zero-order valence-corrected chi connectivity index (χ0v) is 7.66. The van der Waals surface area contributed by atoms with E-state index in [1.54, 1.807) is 0 Å². The zero-order valence-electron chi connectivity index (χ0n) is 7.66. The van der Waals surface area contributed by atoms with Crippen molar-refractivity contribution in [3.8, 4) is 0 Å². The van der Waals surface area contributed by atoms with Gasteiger partial charge in [-0.3, -0.25) is 0 Å². The Labute approximate surface area is 74.2 Å². The molecule has 0 bridgehead atoms. The Morgan fingerprint density at radius 3 is 2.58 bits per heavy atom. The fraction of sp³-hybridized carbons (Fsp3) is 1.00. The van der Waals surface area contributed by atoms with Crippen LogP contribution >= 0.6 is 0 Å². The Morgan fingerprint density at radius 1 is 1.33 bits per heavy atom. The van der Waals surface area contributed by atoms with Crippen molar-refractivity contribution in [3.05, 3.63) is 0 Å². The fourth-order valence-electron chi connectivity index (χ4n) is 1.38. The van der Waals surface area contributed by atoms with Crippen LogP contribution in [0.1, 0.15) is 32.6 Å². The number of hydrogen-bond donors (Lipinski definition) is 1. The zero-order chi connectivity index (χ0) is 8.81. The molecule has 4 heteroatoms. The molecule has 0 atom stereocenters. The van der Waals surface area contributed by atoms with Crippen LogP contribution in [0.3, 0.4) is 0 Å². The van der Waals surface area contributed by atoms with Crippen LogP contribution in [0.25, 0.3) is 0 Å². The second-order valence-electron chi connectivity index (χ2n) is 3.34. The highest BCUT2D eigenvalue weighted by molar-refractivity contribution is 6.34. The molecular formula is C8H17BO3. The smallest absolute Gasteiger partial charge is 0.402 e. The van der Waals surface area contributed by atoms with Crippen molar-refractivity contribution in [2.75, 3.05) is 13.2 Å². The predicted octanol–water partition coefficient (Wildman–Crippen LogP) is 1.21. The third-order valence-corrected chi connectivity index (χ3v) is 2.16. The van der Waals surface area contributed by atoms with Crippen LogP contribution < -0.4 is 0 Å². The summed E-state index contributed by atoms with van der Waals surface area (Å²) < 4.78 is 9.91. The Kier molecular flexibility index (Phi) is 4.65. The SMILES string of the molecule is CCCCCC1COB(O)OC1. The van der Waals surface area contributed by atoms with Gasteiger partial charge in [0.2, 0.25) is 0 Å². The standard InChI is InChI=1S/C8H17BO3/c1-2-3-4-5-8-6-11-9(10)12-7-8/h8,10H,2-7H2,1H3. The summed E-state index contributed by atoms with van der Waals surface area (Å²) in [6, 6.07) is 0. The molecule has 0 radical (unpaired) electrons. The lowest BCUT2D eigenvalue weighted by Crippen LogP contribution is -2.35. The maximum atomic E-state index is 8.85. The van der Waals surface area contributed by atoms with Gasteiger partial charge in [0.25, 0.3) is 0 Å². The van der Waals surface area contributed by atoms with E-state index in [0.29, 0.717) is 19.1 Å². The van der Waals surface area contributed by atoms with E-state index in [0.717, 1.165) is 6.42 Å². The van der Waals surface area contributed by atoms with Crippen molar-refractivity contribution in [2.24, 2.45) is 5.92 Å². The van der Waals surface area contributed by atoms with E-state index in [1.807, 2.05) is 0 Å². The first-order valence-electron chi connectivity index (χ1n) is 4.74. The third-order valence-electron chi connectivity index (χ3n) is 2.16. The maximum Gasteiger partial charge on any atom is 0.636 e. The molecule has 0 aromatic carbocycles. The largest absolute Gasteiger partial charge is 0.636 e. The molecule has 0 spiro atoms. The fourth-order valence-corrected chi connectivity index (χ4v) is 1.38. The van der Waals surface area contributed by atoms with Crippen molar-refractivity contribution in [3.63, 3.8) is 0 Å². The normalized spacial score (nSPS) is 20.0. The summed E-state index contributed by atoms with van der Waals surface area (Å²) in [5, 5.41) is 8.85. The van der Waals surface area contributed by atoms with Gasteiger partial charge in [-0.15, -0.1) is 0 Å². The summed E-state index contributed by atoms with van der Waals surface area (Å²) in [4.78, 5) is 0. The highest BCUT2D eigenvalue weighted by atomic mass is 16.7. The van der Waals surface area contributed by atoms with Crippen LogP contribution in [-0.4, -0.2) is 25.6 Å². The van der Waals surface area contributed by atoms with E-state index in [-0.39, 0.29) is 0 Å². The highest BCUT2D eigenvalue weighted by Crippen LogP contribution is 2.14. The van der Waals surface area contributed by atoms with E-state index in [1.165, 1.54) is 19.3 Å². The number of hydrogen-bond acceptors (Lipinski definition) is 3. The average Bonchev–Trinajstić information content (AvgIpc) is 2.09. The first kappa shape index (κ1) is 10.0. The van der Waals surface area contributed by atoms with Crippen LogP contribution in [0.2, 0.25) is 0 Å². The molecule has 3 nitrogen and oxygen atoms in total. The summed E-state index contributed by atoms with van der Waals surface area (Å²) in [5.41, 5.74) is 0. The summed E-state index contributed by atoms with van der Waals surface area (Å²) in [6.45, 7) is 3.48. The lowest BCUT2D eigenvalue weighted by molar-refractivity contribution is 0.0350. The molecule has 1 N–H and O–H groups in total. The molecule has 0 unspecified atom stereocenters. The number of rotatable bonds is 4. The Bertz CT molecular complexity index is 113. The lowest BCUT2D eigenvalue weighted by atomic mass is 10.00. The van der Waals surface area contributed by atoms with E-state index >= 15 is 0 Å². The van der Waals surface area contributed by atoms with Gasteiger partial charge in [0.1, 0.15) is 0 Å². The topological polar surface area (TPSA) is 38.7 Å². The molecule has 0 aromatic heterocycles. The maximum absolute atomic E-state index is 8.85. The van der Waals surface area contributed by atoms with Crippen LogP contribution in [0.4, 0.5) is 0 Å². The minimum atomic E-state index is -0.979. The summed E-state index contributed by atoms with van der Waals surface area (Å²) >= 11 is 0. The highest BCUT2D eigenvalue weighted by Gasteiger charge is 2.25. The molecule has 70 valence electrons. The van der Waals surface area contributed by atoms with E-state index in [4.69, 9.17) is 14.3 Å².